The first-order valence-corrected chi connectivity index (χ1v) is 5.73. The Labute approximate surface area is 92.4 Å². The van der Waals surface area contributed by atoms with E-state index >= 15 is 0 Å². The first kappa shape index (κ1) is 12.5. The summed E-state index contributed by atoms with van der Waals surface area (Å²) in [5.74, 6) is 0.723. The second-order valence-electron chi connectivity index (χ2n) is 4.45. The lowest BCUT2D eigenvalue weighted by atomic mass is 9.93. The number of nitrogens with zero attached hydrogens (tertiary/aromatic N) is 1. The molecule has 0 aromatic rings. The second kappa shape index (κ2) is 5.47. The predicted molar refractivity (Wildman–Crippen MR) is 61.7 cm³/mol. The average Bonchev–Trinajstić information content (AvgIpc) is 2.26. The molecule has 0 bridgehead atoms. The summed E-state index contributed by atoms with van der Waals surface area (Å²) in [6.45, 7) is 6.22. The van der Waals surface area contributed by atoms with Gasteiger partial charge in [0.05, 0.1) is 6.04 Å². The van der Waals surface area contributed by atoms with Crippen molar-refractivity contribution in [1.82, 2.24) is 15.5 Å². The van der Waals surface area contributed by atoms with Crippen molar-refractivity contribution in [3.63, 3.8) is 0 Å². The van der Waals surface area contributed by atoms with Crippen LogP contribution in [0, 0.1) is 5.92 Å². The number of likely N-dealkylation sites (N-methyl/N-ethyl adjacent to an activating group) is 1. The molecule has 1 aliphatic rings. The van der Waals surface area contributed by atoms with E-state index in [1.165, 1.54) is 0 Å². The summed E-state index contributed by atoms with van der Waals surface area (Å²) in [6.07, 6.45) is 1.12. The van der Waals surface area contributed by atoms with Crippen LogP contribution < -0.4 is 10.6 Å². The molecule has 3 atom stereocenters. The molecule has 1 saturated heterocycles. The number of amides is 1. The van der Waals surface area contributed by atoms with Crippen LogP contribution in [-0.2, 0) is 4.79 Å². The monoisotopic (exact) mass is 213 g/mol. The molecule has 4 heteroatoms. The van der Waals surface area contributed by atoms with E-state index in [1.807, 2.05) is 14.0 Å². The van der Waals surface area contributed by atoms with Crippen LogP contribution in [0.4, 0.5) is 0 Å². The van der Waals surface area contributed by atoms with Crippen LogP contribution in [0.5, 0.6) is 0 Å². The summed E-state index contributed by atoms with van der Waals surface area (Å²) in [6, 6.07) is 0.591. The van der Waals surface area contributed by atoms with Gasteiger partial charge >= 0.3 is 0 Å². The lowest BCUT2D eigenvalue weighted by molar-refractivity contribution is -0.126. The van der Waals surface area contributed by atoms with Crippen molar-refractivity contribution < 1.29 is 4.79 Å². The maximum atomic E-state index is 11.5. The molecule has 1 rings (SSSR count). The van der Waals surface area contributed by atoms with Crippen LogP contribution >= 0.6 is 0 Å². The predicted octanol–water partition coefficient (Wildman–Crippen LogP) is 0.0507. The Bertz CT molecular complexity index is 220. The first-order chi connectivity index (χ1) is 7.10. The summed E-state index contributed by atoms with van der Waals surface area (Å²) >= 11 is 0. The van der Waals surface area contributed by atoms with Crippen molar-refractivity contribution in [1.29, 1.82) is 0 Å². The molecule has 1 amide bonds. The molecule has 2 N–H and O–H groups in total. The smallest absolute Gasteiger partial charge is 0.236 e. The molecule has 0 aliphatic carbocycles. The van der Waals surface area contributed by atoms with Gasteiger partial charge in [-0.05, 0) is 26.3 Å². The van der Waals surface area contributed by atoms with E-state index in [4.69, 9.17) is 0 Å². The maximum Gasteiger partial charge on any atom is 0.236 e. The Morgan fingerprint density at radius 3 is 2.60 bits per heavy atom. The molecular weight excluding hydrogens is 190 g/mol. The van der Waals surface area contributed by atoms with Gasteiger partial charge in [0.1, 0.15) is 0 Å². The zero-order chi connectivity index (χ0) is 11.4. The number of hydrogen-bond acceptors (Lipinski definition) is 3. The molecule has 0 radical (unpaired) electrons. The largest absolute Gasteiger partial charge is 0.358 e. The van der Waals surface area contributed by atoms with Gasteiger partial charge in [0, 0.05) is 26.2 Å². The number of hydrogen-bond donors (Lipinski definition) is 2. The van der Waals surface area contributed by atoms with Gasteiger partial charge in [0.2, 0.25) is 5.91 Å². The van der Waals surface area contributed by atoms with Crippen molar-refractivity contribution in [2.45, 2.75) is 32.4 Å². The Balaban J connectivity index is 2.50. The normalized spacial score (nSPS) is 29.9. The lowest BCUT2D eigenvalue weighted by Gasteiger charge is -2.39. The molecule has 4 nitrogen and oxygen atoms in total. The summed E-state index contributed by atoms with van der Waals surface area (Å²) in [5, 5.41) is 6.03. The topological polar surface area (TPSA) is 44.4 Å². The molecule has 1 heterocycles. The van der Waals surface area contributed by atoms with Crippen LogP contribution in [0.2, 0.25) is 0 Å². The minimum atomic E-state index is -0.00439. The fourth-order valence-electron chi connectivity index (χ4n) is 2.33. The highest BCUT2D eigenvalue weighted by Crippen LogP contribution is 2.18. The van der Waals surface area contributed by atoms with E-state index in [0.29, 0.717) is 12.0 Å². The zero-order valence-corrected chi connectivity index (χ0v) is 10.2. The van der Waals surface area contributed by atoms with E-state index in [1.54, 1.807) is 7.05 Å². The number of piperidine rings is 1. The van der Waals surface area contributed by atoms with Crippen molar-refractivity contribution in [3.8, 4) is 0 Å². The van der Waals surface area contributed by atoms with Crippen LogP contribution in [0.15, 0.2) is 0 Å². The number of carbonyl (C=O) groups excluding carboxylic acids is 1. The van der Waals surface area contributed by atoms with Crippen LogP contribution in [0.1, 0.15) is 20.3 Å². The zero-order valence-electron chi connectivity index (χ0n) is 10.2. The van der Waals surface area contributed by atoms with Gasteiger partial charge in [-0.15, -0.1) is 0 Å². The molecule has 1 aliphatic heterocycles. The van der Waals surface area contributed by atoms with Gasteiger partial charge in [0.15, 0.2) is 0 Å². The lowest BCUT2D eigenvalue weighted by Crippen LogP contribution is -2.53. The fourth-order valence-corrected chi connectivity index (χ4v) is 2.33. The highest BCUT2D eigenvalue weighted by atomic mass is 16.2. The molecule has 1 fully saturated rings. The van der Waals surface area contributed by atoms with Gasteiger partial charge in [0.25, 0.3) is 0 Å². The molecule has 3 unspecified atom stereocenters. The standard InChI is InChI=1S/C11H23N3O/c1-8-7-14(6-5-10(8)12-3)9(2)11(15)13-4/h8-10,12H,5-7H2,1-4H3,(H,13,15). The van der Waals surface area contributed by atoms with Gasteiger partial charge in [-0.3, -0.25) is 9.69 Å². The Hall–Kier alpha value is -0.610. The molecule has 0 spiro atoms. The van der Waals surface area contributed by atoms with Gasteiger partial charge in [-0.2, -0.15) is 0 Å². The van der Waals surface area contributed by atoms with Crippen molar-refractivity contribution in [2.24, 2.45) is 5.92 Å². The molecular formula is C11H23N3O. The SMILES string of the molecule is CNC(=O)C(C)N1CCC(NC)C(C)C1. The number of nitrogens with one attached hydrogen (secondary N) is 2. The van der Waals surface area contributed by atoms with Gasteiger partial charge in [-0.1, -0.05) is 6.92 Å². The summed E-state index contributed by atoms with van der Waals surface area (Å²) < 4.78 is 0. The Morgan fingerprint density at radius 1 is 1.47 bits per heavy atom. The molecule has 0 aromatic heterocycles. The number of rotatable bonds is 3. The molecule has 15 heavy (non-hydrogen) atoms. The van der Waals surface area contributed by atoms with Crippen LogP contribution in [-0.4, -0.2) is 50.1 Å². The van der Waals surface area contributed by atoms with Crippen molar-refractivity contribution >= 4 is 5.91 Å². The number of likely N-dealkylation sites (tertiary alicyclic amines) is 1. The molecule has 0 aromatic carbocycles. The highest BCUT2D eigenvalue weighted by Gasteiger charge is 2.29. The maximum absolute atomic E-state index is 11.5. The van der Waals surface area contributed by atoms with Crippen molar-refractivity contribution in [3.05, 3.63) is 0 Å². The third-order valence-electron chi connectivity index (χ3n) is 3.48. The summed E-state index contributed by atoms with van der Waals surface area (Å²) in [5.41, 5.74) is 0. The van der Waals surface area contributed by atoms with Crippen LogP contribution in [0.25, 0.3) is 0 Å². The van der Waals surface area contributed by atoms with E-state index in [-0.39, 0.29) is 11.9 Å². The third-order valence-corrected chi connectivity index (χ3v) is 3.48. The summed E-state index contributed by atoms with van der Waals surface area (Å²) in [4.78, 5) is 13.8. The van der Waals surface area contributed by atoms with E-state index in [0.717, 1.165) is 19.5 Å². The van der Waals surface area contributed by atoms with Crippen LogP contribution in [0.3, 0.4) is 0 Å². The van der Waals surface area contributed by atoms with Gasteiger partial charge < -0.3 is 10.6 Å². The summed E-state index contributed by atoms with van der Waals surface area (Å²) in [7, 11) is 3.71. The quantitative estimate of drug-likeness (QED) is 0.696. The molecule has 0 saturated carbocycles. The highest BCUT2D eigenvalue weighted by molar-refractivity contribution is 5.80. The fraction of sp³-hybridized carbons (Fsp3) is 0.909. The van der Waals surface area contributed by atoms with Crippen molar-refractivity contribution in [2.75, 3.05) is 27.2 Å². The van der Waals surface area contributed by atoms with Gasteiger partial charge in [-0.25, -0.2) is 0 Å². The average molecular weight is 213 g/mol. The minimum absolute atomic E-state index is 0.00439. The first-order valence-electron chi connectivity index (χ1n) is 5.73. The second-order valence-corrected chi connectivity index (χ2v) is 4.45. The van der Waals surface area contributed by atoms with E-state index in [2.05, 4.69) is 22.5 Å². The van der Waals surface area contributed by atoms with E-state index < -0.39 is 0 Å². The number of carbonyl (C=O) groups is 1. The Morgan fingerprint density at radius 2 is 2.13 bits per heavy atom. The molecule has 88 valence electrons. The van der Waals surface area contributed by atoms with E-state index in [9.17, 15) is 4.79 Å². The Kier molecular flexibility index (Phi) is 4.54. The third kappa shape index (κ3) is 2.92. The minimum Gasteiger partial charge on any atom is -0.358 e.